The molecular formula is C11H17NO. The van der Waals surface area contributed by atoms with Crippen LogP contribution in [0.3, 0.4) is 0 Å². The van der Waals surface area contributed by atoms with Gasteiger partial charge in [-0.05, 0) is 25.7 Å². The molecule has 2 heteroatoms. The molecule has 2 rings (SSSR count). The zero-order valence-corrected chi connectivity index (χ0v) is 8.31. The third-order valence-electron chi connectivity index (χ3n) is 3.18. The smallest absolute Gasteiger partial charge is 0.228 e. The maximum Gasteiger partial charge on any atom is 0.228 e. The number of piperidine rings is 1. The molecular weight excluding hydrogens is 162 g/mol. The molecule has 0 N–H and O–H groups in total. The van der Waals surface area contributed by atoms with Crippen molar-refractivity contribution in [3.8, 4) is 0 Å². The lowest BCUT2D eigenvalue weighted by molar-refractivity contribution is -0.136. The maximum atomic E-state index is 11.9. The first kappa shape index (κ1) is 8.79. The largest absolute Gasteiger partial charge is 0.338 e. The molecule has 0 bridgehead atoms. The minimum absolute atomic E-state index is 0.00236. The quantitative estimate of drug-likeness (QED) is 0.563. The number of likely N-dealkylation sites (tertiary alicyclic amines) is 1. The van der Waals surface area contributed by atoms with Crippen molar-refractivity contribution < 1.29 is 4.79 Å². The Morgan fingerprint density at radius 3 is 2.77 bits per heavy atom. The van der Waals surface area contributed by atoms with Gasteiger partial charge >= 0.3 is 0 Å². The minimum Gasteiger partial charge on any atom is -0.338 e. The average Bonchev–Trinajstić information content (AvgIpc) is 2.84. The minimum atomic E-state index is -0.00236. The molecule has 1 aliphatic carbocycles. The number of carbonyl (C=O) groups is 1. The molecule has 0 unspecified atom stereocenters. The van der Waals surface area contributed by atoms with Crippen molar-refractivity contribution in [3.05, 3.63) is 12.2 Å². The number of rotatable bonds is 1. The summed E-state index contributed by atoms with van der Waals surface area (Å²) >= 11 is 0. The lowest BCUT2D eigenvalue weighted by Crippen LogP contribution is -2.40. The van der Waals surface area contributed by atoms with Crippen LogP contribution in [-0.4, -0.2) is 23.9 Å². The second-order valence-corrected chi connectivity index (χ2v) is 4.64. The van der Waals surface area contributed by atoms with E-state index in [1.165, 1.54) is 5.57 Å². The first-order valence-corrected chi connectivity index (χ1v) is 5.08. The topological polar surface area (TPSA) is 20.3 Å². The van der Waals surface area contributed by atoms with Crippen molar-refractivity contribution in [1.82, 2.24) is 4.90 Å². The predicted molar refractivity (Wildman–Crippen MR) is 52.3 cm³/mol. The zero-order valence-electron chi connectivity index (χ0n) is 8.31. The number of nitrogens with zero attached hydrogens (tertiary/aromatic N) is 1. The van der Waals surface area contributed by atoms with Gasteiger partial charge in [0.25, 0.3) is 0 Å². The van der Waals surface area contributed by atoms with Crippen LogP contribution in [0.15, 0.2) is 12.2 Å². The molecule has 2 fully saturated rings. The molecule has 1 saturated carbocycles. The van der Waals surface area contributed by atoms with Crippen molar-refractivity contribution in [2.45, 2.75) is 32.6 Å². The first-order valence-electron chi connectivity index (χ1n) is 5.08. The van der Waals surface area contributed by atoms with E-state index in [4.69, 9.17) is 0 Å². The molecule has 0 aromatic carbocycles. The Kier molecular flexibility index (Phi) is 1.94. The van der Waals surface area contributed by atoms with E-state index in [1.807, 2.05) is 4.90 Å². The Labute approximate surface area is 79.6 Å². The van der Waals surface area contributed by atoms with Gasteiger partial charge < -0.3 is 4.90 Å². The third-order valence-corrected chi connectivity index (χ3v) is 3.18. The van der Waals surface area contributed by atoms with Gasteiger partial charge in [-0.25, -0.2) is 0 Å². The van der Waals surface area contributed by atoms with Gasteiger partial charge in [0, 0.05) is 18.5 Å². The molecule has 0 aromatic heterocycles. The number of hydrogen-bond donors (Lipinski definition) is 0. The molecule has 1 heterocycles. The Balaban J connectivity index is 1.99. The molecule has 0 atom stereocenters. The van der Waals surface area contributed by atoms with E-state index in [0.29, 0.717) is 5.91 Å². The van der Waals surface area contributed by atoms with E-state index in [0.717, 1.165) is 38.8 Å². The standard InChI is InChI=1S/C11H17NO/c1-9-4-3-7-12(8-9)10(13)11(2)5-6-11/h1,3-8H2,2H3. The van der Waals surface area contributed by atoms with Crippen LogP contribution in [0.5, 0.6) is 0 Å². The van der Waals surface area contributed by atoms with Crippen LogP contribution in [0.2, 0.25) is 0 Å². The lowest BCUT2D eigenvalue weighted by Gasteiger charge is -2.30. The van der Waals surface area contributed by atoms with Crippen molar-refractivity contribution in [3.63, 3.8) is 0 Å². The first-order chi connectivity index (χ1) is 6.12. The van der Waals surface area contributed by atoms with E-state index < -0.39 is 0 Å². The highest BCUT2D eigenvalue weighted by Crippen LogP contribution is 2.46. The molecule has 2 nitrogen and oxygen atoms in total. The zero-order chi connectivity index (χ0) is 9.47. The SMILES string of the molecule is C=C1CCCN(C(=O)C2(C)CC2)C1. The van der Waals surface area contributed by atoms with E-state index in [1.54, 1.807) is 0 Å². The maximum absolute atomic E-state index is 11.9. The van der Waals surface area contributed by atoms with Crippen LogP contribution in [0.25, 0.3) is 0 Å². The molecule has 1 aliphatic heterocycles. The fourth-order valence-electron chi connectivity index (χ4n) is 1.90. The summed E-state index contributed by atoms with van der Waals surface area (Å²) in [5, 5.41) is 0. The van der Waals surface area contributed by atoms with Gasteiger partial charge in [-0.3, -0.25) is 4.79 Å². The third kappa shape index (κ3) is 1.62. The van der Waals surface area contributed by atoms with Gasteiger partial charge in [-0.1, -0.05) is 19.1 Å². The highest BCUT2D eigenvalue weighted by atomic mass is 16.2. The fourth-order valence-corrected chi connectivity index (χ4v) is 1.90. The van der Waals surface area contributed by atoms with Crippen molar-refractivity contribution in [1.29, 1.82) is 0 Å². The summed E-state index contributed by atoms with van der Waals surface area (Å²) in [6.45, 7) is 7.77. The molecule has 0 spiro atoms. The van der Waals surface area contributed by atoms with Crippen molar-refractivity contribution in [2.24, 2.45) is 5.41 Å². The van der Waals surface area contributed by atoms with Crippen molar-refractivity contribution >= 4 is 5.91 Å². The molecule has 13 heavy (non-hydrogen) atoms. The molecule has 0 aromatic rings. The number of hydrogen-bond acceptors (Lipinski definition) is 1. The van der Waals surface area contributed by atoms with Gasteiger partial charge in [-0.15, -0.1) is 0 Å². The molecule has 72 valence electrons. The van der Waals surface area contributed by atoms with Crippen LogP contribution < -0.4 is 0 Å². The summed E-state index contributed by atoms with van der Waals surface area (Å²) in [7, 11) is 0. The second kappa shape index (κ2) is 2.86. The van der Waals surface area contributed by atoms with Crippen LogP contribution >= 0.6 is 0 Å². The molecule has 2 aliphatic rings. The highest BCUT2D eigenvalue weighted by Gasteiger charge is 2.47. The van der Waals surface area contributed by atoms with E-state index in [-0.39, 0.29) is 5.41 Å². The Morgan fingerprint density at radius 1 is 1.54 bits per heavy atom. The van der Waals surface area contributed by atoms with E-state index in [9.17, 15) is 4.79 Å². The Hall–Kier alpha value is -0.790. The summed E-state index contributed by atoms with van der Waals surface area (Å²) < 4.78 is 0. The van der Waals surface area contributed by atoms with Gasteiger partial charge in [0.1, 0.15) is 0 Å². The number of carbonyl (C=O) groups excluding carboxylic acids is 1. The van der Waals surface area contributed by atoms with E-state index in [2.05, 4.69) is 13.5 Å². The summed E-state index contributed by atoms with van der Waals surface area (Å²) in [5.41, 5.74) is 1.21. The molecule has 1 amide bonds. The fraction of sp³-hybridized carbons (Fsp3) is 0.727. The van der Waals surface area contributed by atoms with E-state index >= 15 is 0 Å². The predicted octanol–water partition coefficient (Wildman–Crippen LogP) is 1.97. The summed E-state index contributed by atoms with van der Waals surface area (Å²) in [5.74, 6) is 0.355. The average molecular weight is 179 g/mol. The second-order valence-electron chi connectivity index (χ2n) is 4.64. The van der Waals surface area contributed by atoms with Crippen molar-refractivity contribution in [2.75, 3.05) is 13.1 Å². The van der Waals surface area contributed by atoms with Gasteiger partial charge in [0.15, 0.2) is 0 Å². The van der Waals surface area contributed by atoms with Crippen LogP contribution in [0.1, 0.15) is 32.6 Å². The van der Waals surface area contributed by atoms with Crippen LogP contribution in [0, 0.1) is 5.41 Å². The van der Waals surface area contributed by atoms with Gasteiger partial charge in [-0.2, -0.15) is 0 Å². The Bertz CT molecular complexity index is 253. The Morgan fingerprint density at radius 2 is 2.23 bits per heavy atom. The highest BCUT2D eigenvalue weighted by molar-refractivity contribution is 5.85. The van der Waals surface area contributed by atoms with Gasteiger partial charge in [0.05, 0.1) is 0 Å². The van der Waals surface area contributed by atoms with Crippen LogP contribution in [0.4, 0.5) is 0 Å². The number of amides is 1. The van der Waals surface area contributed by atoms with Gasteiger partial charge in [0.2, 0.25) is 5.91 Å². The summed E-state index contributed by atoms with van der Waals surface area (Å²) in [6.07, 6.45) is 4.35. The normalized spacial score (nSPS) is 25.9. The summed E-state index contributed by atoms with van der Waals surface area (Å²) in [4.78, 5) is 13.9. The summed E-state index contributed by atoms with van der Waals surface area (Å²) in [6, 6.07) is 0. The molecule has 0 radical (unpaired) electrons. The molecule has 1 saturated heterocycles. The monoisotopic (exact) mass is 179 g/mol. The lowest BCUT2D eigenvalue weighted by atomic mass is 10.0. The van der Waals surface area contributed by atoms with Crippen LogP contribution in [-0.2, 0) is 4.79 Å².